The van der Waals surface area contributed by atoms with E-state index in [1.54, 1.807) is 4.68 Å². The van der Waals surface area contributed by atoms with Gasteiger partial charge in [0.15, 0.2) is 17.2 Å². The van der Waals surface area contributed by atoms with E-state index in [1.807, 2.05) is 18.2 Å². The van der Waals surface area contributed by atoms with Crippen LogP contribution in [-0.2, 0) is 10.3 Å². The Labute approximate surface area is 220 Å². The lowest BCUT2D eigenvalue weighted by atomic mass is 9.84. The molecule has 7 rings (SSSR count). The second-order valence-electron chi connectivity index (χ2n) is 11.4. The minimum atomic E-state index is -0.590. The maximum atomic E-state index is 14.8. The van der Waals surface area contributed by atoms with Gasteiger partial charge < -0.3 is 20.1 Å². The van der Waals surface area contributed by atoms with Crippen LogP contribution >= 0.6 is 0 Å². The lowest BCUT2D eigenvalue weighted by Crippen LogP contribution is -2.55. The first kappa shape index (κ1) is 23.7. The van der Waals surface area contributed by atoms with Crippen molar-refractivity contribution in [3.05, 3.63) is 36.0 Å². The van der Waals surface area contributed by atoms with Crippen LogP contribution in [0.4, 0.5) is 21.8 Å². The highest BCUT2D eigenvalue weighted by atomic mass is 19.1. The molecule has 2 aromatic heterocycles. The first-order chi connectivity index (χ1) is 18.4. The Morgan fingerprint density at radius 1 is 1.18 bits per heavy atom. The van der Waals surface area contributed by atoms with Crippen molar-refractivity contribution in [2.24, 2.45) is 0 Å². The molecular formula is C26H32FN9O2. The molecule has 1 spiro atoms. The van der Waals surface area contributed by atoms with Crippen LogP contribution in [0.15, 0.2) is 24.4 Å². The number of aromatic nitrogens is 6. The maximum Gasteiger partial charge on any atom is 0.229 e. The normalized spacial score (nSPS) is 25.2. The number of hydrogen-bond acceptors (Lipinski definition) is 10. The lowest BCUT2D eigenvalue weighted by Gasteiger charge is -2.47. The van der Waals surface area contributed by atoms with Gasteiger partial charge in [-0.1, -0.05) is 0 Å². The minimum absolute atomic E-state index is 0.0746. The first-order valence-electron chi connectivity index (χ1n) is 13.4. The van der Waals surface area contributed by atoms with E-state index in [4.69, 9.17) is 9.47 Å². The van der Waals surface area contributed by atoms with Crippen LogP contribution in [-0.4, -0.2) is 72.5 Å². The summed E-state index contributed by atoms with van der Waals surface area (Å²) in [5.41, 5.74) is 0.923. The summed E-state index contributed by atoms with van der Waals surface area (Å²) in [5, 5.41) is 19.0. The van der Waals surface area contributed by atoms with Crippen molar-refractivity contribution in [2.75, 3.05) is 30.4 Å². The number of nitrogens with one attached hydrogen (secondary N) is 2. The molecule has 38 heavy (non-hydrogen) atoms. The molecular weight excluding hydrogens is 489 g/mol. The highest BCUT2D eigenvalue weighted by molar-refractivity contribution is 5.63. The third kappa shape index (κ3) is 3.97. The van der Waals surface area contributed by atoms with Crippen molar-refractivity contribution in [3.8, 4) is 11.4 Å². The molecule has 11 nitrogen and oxygen atoms in total. The van der Waals surface area contributed by atoms with Gasteiger partial charge in [0.05, 0.1) is 19.4 Å². The van der Waals surface area contributed by atoms with Crippen LogP contribution in [0.2, 0.25) is 0 Å². The van der Waals surface area contributed by atoms with E-state index >= 15 is 0 Å². The number of benzene rings is 1. The molecule has 4 aliphatic rings. The monoisotopic (exact) mass is 521 g/mol. The molecule has 0 saturated carbocycles. The predicted octanol–water partition coefficient (Wildman–Crippen LogP) is 3.55. The summed E-state index contributed by atoms with van der Waals surface area (Å²) < 4.78 is 28.5. The lowest BCUT2D eigenvalue weighted by molar-refractivity contribution is -0.0610. The van der Waals surface area contributed by atoms with Gasteiger partial charge in [-0.05, 0) is 74.7 Å². The van der Waals surface area contributed by atoms with E-state index < -0.39 is 11.4 Å². The Balaban J connectivity index is 1.12. The van der Waals surface area contributed by atoms with Crippen molar-refractivity contribution in [3.63, 3.8) is 0 Å². The highest BCUT2D eigenvalue weighted by Gasteiger charge is 2.46. The molecule has 12 heteroatoms. The second kappa shape index (κ2) is 8.84. The smallest absolute Gasteiger partial charge is 0.229 e. The van der Waals surface area contributed by atoms with Crippen molar-refractivity contribution < 1.29 is 13.9 Å². The van der Waals surface area contributed by atoms with E-state index in [0.717, 1.165) is 30.8 Å². The molecule has 4 aliphatic heterocycles. The van der Waals surface area contributed by atoms with Gasteiger partial charge in [-0.25, -0.2) is 9.37 Å². The van der Waals surface area contributed by atoms with E-state index in [0.29, 0.717) is 49.6 Å². The molecule has 0 radical (unpaired) electrons. The topological polar surface area (TPSA) is 115 Å². The molecule has 3 saturated heterocycles. The summed E-state index contributed by atoms with van der Waals surface area (Å²) in [6.45, 7) is 6.90. The molecule has 3 fully saturated rings. The van der Waals surface area contributed by atoms with Crippen molar-refractivity contribution in [1.29, 1.82) is 0 Å². The molecule has 0 aliphatic carbocycles. The van der Waals surface area contributed by atoms with Crippen molar-refractivity contribution in [1.82, 2.24) is 35.1 Å². The number of anilines is 3. The van der Waals surface area contributed by atoms with Gasteiger partial charge in [0, 0.05) is 36.2 Å². The van der Waals surface area contributed by atoms with E-state index in [9.17, 15) is 4.39 Å². The van der Waals surface area contributed by atoms with Crippen LogP contribution in [0.25, 0.3) is 5.69 Å². The van der Waals surface area contributed by atoms with Crippen LogP contribution in [0.5, 0.6) is 5.75 Å². The Kier molecular flexibility index (Phi) is 5.52. The van der Waals surface area contributed by atoms with Crippen LogP contribution in [0.3, 0.4) is 0 Å². The Bertz CT molecular complexity index is 1360. The van der Waals surface area contributed by atoms with Crippen LogP contribution < -0.4 is 15.4 Å². The molecule has 0 amide bonds. The summed E-state index contributed by atoms with van der Waals surface area (Å²) in [4.78, 5) is 11.3. The molecule has 6 heterocycles. The summed E-state index contributed by atoms with van der Waals surface area (Å²) in [7, 11) is 0. The van der Waals surface area contributed by atoms with E-state index in [-0.39, 0.29) is 17.4 Å². The number of piperidine rings is 1. The molecule has 1 aromatic carbocycles. The molecule has 2 N–H and O–H groups in total. The average Bonchev–Trinajstić information content (AvgIpc) is 3.58. The van der Waals surface area contributed by atoms with E-state index in [2.05, 4.69) is 54.9 Å². The Hall–Kier alpha value is -3.38. The number of hydrogen-bond donors (Lipinski definition) is 2. The SMILES string of the molecule is CC1(C)C[C@H](Nc2nc(Nc3ccc4c(c3)-n3nnnc3C3(CCOCC3)O4)ncc2F)C[C@@H]2CCCN21. The zero-order valence-corrected chi connectivity index (χ0v) is 21.7. The van der Waals surface area contributed by atoms with Crippen LogP contribution in [0.1, 0.15) is 58.2 Å². The zero-order chi connectivity index (χ0) is 25.9. The van der Waals surface area contributed by atoms with Gasteiger partial charge in [0.1, 0.15) is 11.4 Å². The highest BCUT2D eigenvalue weighted by Crippen LogP contribution is 2.44. The molecule has 0 bridgehead atoms. The Morgan fingerprint density at radius 3 is 2.92 bits per heavy atom. The van der Waals surface area contributed by atoms with Gasteiger partial charge in [-0.15, -0.1) is 5.10 Å². The van der Waals surface area contributed by atoms with Gasteiger partial charge in [0.25, 0.3) is 0 Å². The van der Waals surface area contributed by atoms with Gasteiger partial charge >= 0.3 is 0 Å². The third-order valence-corrected chi connectivity index (χ3v) is 8.47. The number of nitrogens with zero attached hydrogens (tertiary/aromatic N) is 7. The summed E-state index contributed by atoms with van der Waals surface area (Å²) in [5.74, 6) is 1.44. The fraction of sp³-hybridized carbons (Fsp3) is 0.577. The first-order valence-corrected chi connectivity index (χ1v) is 13.4. The largest absolute Gasteiger partial charge is 0.477 e. The molecule has 0 unspecified atom stereocenters. The quantitative estimate of drug-likeness (QED) is 0.528. The standard InChI is InChI=1S/C26H32FN9O2/c1-25(2)14-17(12-18-4-3-9-35(18)25)29-22-19(27)15-28-24(31-22)30-16-5-6-21-20(13-16)36-23(32-33-34-36)26(38-21)7-10-37-11-8-26/h5-6,13,15,17-18H,3-4,7-12,14H2,1-2H3,(H2,28,29,30,31)/t17-,18+/m1/s1. The fourth-order valence-corrected chi connectivity index (χ4v) is 6.73. The molecule has 3 aromatic rings. The summed E-state index contributed by atoms with van der Waals surface area (Å²) in [6, 6.07) is 6.35. The predicted molar refractivity (Wildman–Crippen MR) is 137 cm³/mol. The summed E-state index contributed by atoms with van der Waals surface area (Å²) >= 11 is 0. The van der Waals surface area contributed by atoms with E-state index in [1.165, 1.54) is 19.0 Å². The number of halogens is 1. The van der Waals surface area contributed by atoms with Gasteiger partial charge in [-0.3, -0.25) is 4.90 Å². The zero-order valence-electron chi connectivity index (χ0n) is 21.7. The second-order valence-corrected chi connectivity index (χ2v) is 11.4. The Morgan fingerprint density at radius 2 is 2.05 bits per heavy atom. The fourth-order valence-electron chi connectivity index (χ4n) is 6.73. The number of rotatable bonds is 4. The summed E-state index contributed by atoms with van der Waals surface area (Å²) in [6.07, 6.45) is 6.92. The minimum Gasteiger partial charge on any atom is -0.477 e. The average molecular weight is 522 g/mol. The number of ether oxygens (including phenoxy) is 2. The van der Waals surface area contributed by atoms with Crippen LogP contribution in [0, 0.1) is 5.82 Å². The van der Waals surface area contributed by atoms with Gasteiger partial charge in [0.2, 0.25) is 11.8 Å². The molecule has 2 atom stereocenters. The number of fused-ring (bicyclic) bond motifs is 5. The maximum absolute atomic E-state index is 14.8. The number of tetrazole rings is 1. The van der Waals surface area contributed by atoms with Crippen molar-refractivity contribution >= 4 is 17.5 Å². The van der Waals surface area contributed by atoms with Gasteiger partial charge in [-0.2, -0.15) is 9.67 Å². The molecule has 200 valence electrons. The van der Waals surface area contributed by atoms with Crippen molar-refractivity contribution in [2.45, 2.75) is 75.6 Å². The third-order valence-electron chi connectivity index (χ3n) is 8.47.